The lowest BCUT2D eigenvalue weighted by Gasteiger charge is -2.07. The smallest absolute Gasteiger partial charge is 0.266 e. The highest BCUT2D eigenvalue weighted by atomic mass is 32.1. The summed E-state index contributed by atoms with van der Waals surface area (Å²) < 4.78 is 0. The third-order valence-corrected chi connectivity index (χ3v) is 3.54. The average molecular weight is 230 g/mol. The molecule has 3 nitrogen and oxygen atoms in total. The van der Waals surface area contributed by atoms with Gasteiger partial charge in [0, 0.05) is 0 Å². The van der Waals surface area contributed by atoms with Gasteiger partial charge >= 0.3 is 0 Å². The van der Waals surface area contributed by atoms with Crippen LogP contribution in [0.4, 0.5) is 0 Å². The maximum absolute atomic E-state index is 11.7. The van der Waals surface area contributed by atoms with Gasteiger partial charge in [0.15, 0.2) is 0 Å². The van der Waals surface area contributed by atoms with Gasteiger partial charge < -0.3 is 4.98 Å². The maximum Gasteiger partial charge on any atom is 0.266 e. The number of nitrogens with zero attached hydrogens (tertiary/aromatic N) is 1. The highest BCUT2D eigenvalue weighted by Gasteiger charge is 2.12. The first-order valence-corrected chi connectivity index (χ1v) is 5.70. The molecule has 80 valence electrons. The van der Waals surface area contributed by atoms with Crippen LogP contribution in [0.15, 0.2) is 22.3 Å². The van der Waals surface area contributed by atoms with Crippen LogP contribution in [0.5, 0.6) is 0 Å². The number of hydrogen-bond acceptors (Lipinski definition) is 3. The molecule has 4 heteroatoms. The first kappa shape index (κ1) is 10.7. The van der Waals surface area contributed by atoms with Crippen molar-refractivity contribution in [2.45, 2.75) is 13.8 Å². The summed E-state index contributed by atoms with van der Waals surface area (Å²) in [5.41, 5.74) is 2.43. The fourth-order valence-electron chi connectivity index (χ4n) is 1.62. The number of pyridine rings is 1. The topological polar surface area (TPSA) is 56.6 Å². The molecule has 0 amide bonds. The van der Waals surface area contributed by atoms with Gasteiger partial charge in [-0.3, -0.25) is 4.79 Å². The van der Waals surface area contributed by atoms with E-state index in [1.165, 1.54) is 0 Å². The van der Waals surface area contributed by atoms with Crippen LogP contribution in [0.3, 0.4) is 0 Å². The lowest BCUT2D eigenvalue weighted by molar-refractivity contribution is 1.15. The molecule has 0 radical (unpaired) electrons. The fourth-order valence-corrected chi connectivity index (χ4v) is 2.40. The van der Waals surface area contributed by atoms with Gasteiger partial charge in [0.25, 0.3) is 5.56 Å². The van der Waals surface area contributed by atoms with Gasteiger partial charge in [-0.25, -0.2) is 0 Å². The van der Waals surface area contributed by atoms with Crippen molar-refractivity contribution >= 4 is 11.3 Å². The van der Waals surface area contributed by atoms with E-state index in [4.69, 9.17) is 5.26 Å². The average Bonchev–Trinajstić information content (AvgIpc) is 2.77. The van der Waals surface area contributed by atoms with Crippen molar-refractivity contribution in [2.24, 2.45) is 0 Å². The zero-order chi connectivity index (χ0) is 11.7. The monoisotopic (exact) mass is 230 g/mol. The second-order valence-corrected chi connectivity index (χ2v) is 4.49. The number of aromatic nitrogens is 1. The van der Waals surface area contributed by atoms with Crippen molar-refractivity contribution in [1.82, 2.24) is 4.98 Å². The molecule has 2 aromatic heterocycles. The largest absolute Gasteiger partial charge is 0.320 e. The van der Waals surface area contributed by atoms with Crippen LogP contribution >= 0.6 is 11.3 Å². The Morgan fingerprint density at radius 1 is 1.38 bits per heavy atom. The molecule has 0 spiro atoms. The standard InChI is InChI=1S/C12H10N2OS/c1-7-8(2)11(10-4-3-5-16-10)14-12(15)9(7)6-13/h3-5H,1-2H3,(H,14,15). The zero-order valence-electron chi connectivity index (χ0n) is 9.00. The summed E-state index contributed by atoms with van der Waals surface area (Å²) in [5, 5.41) is 10.8. The molecule has 2 rings (SSSR count). The molecule has 0 fully saturated rings. The third-order valence-electron chi connectivity index (χ3n) is 2.66. The normalized spacial score (nSPS) is 10.1. The van der Waals surface area contributed by atoms with Gasteiger partial charge in [0.1, 0.15) is 11.6 Å². The first-order chi connectivity index (χ1) is 7.65. The Balaban J connectivity index is 2.77. The fraction of sp³-hybridized carbons (Fsp3) is 0.167. The highest BCUT2D eigenvalue weighted by Crippen LogP contribution is 2.26. The lowest BCUT2D eigenvalue weighted by Crippen LogP contribution is -2.14. The minimum atomic E-state index is -0.311. The molecule has 0 saturated heterocycles. The summed E-state index contributed by atoms with van der Waals surface area (Å²) in [7, 11) is 0. The van der Waals surface area contributed by atoms with Gasteiger partial charge in [0.05, 0.1) is 10.6 Å². The molecule has 2 aromatic rings. The number of aromatic amines is 1. The van der Waals surface area contributed by atoms with Gasteiger partial charge in [0.2, 0.25) is 0 Å². The van der Waals surface area contributed by atoms with Gasteiger partial charge in [-0.1, -0.05) is 6.07 Å². The Labute approximate surface area is 97.0 Å². The van der Waals surface area contributed by atoms with E-state index in [0.29, 0.717) is 0 Å². The molecule has 0 unspecified atom stereocenters. The van der Waals surface area contributed by atoms with Crippen LogP contribution in [0.25, 0.3) is 10.6 Å². The molecule has 0 aliphatic rings. The van der Waals surface area contributed by atoms with Crippen LogP contribution in [-0.2, 0) is 0 Å². The number of nitriles is 1. The van der Waals surface area contributed by atoms with E-state index in [2.05, 4.69) is 4.98 Å². The molecule has 0 bridgehead atoms. The summed E-state index contributed by atoms with van der Waals surface area (Å²) in [6.07, 6.45) is 0. The van der Waals surface area contributed by atoms with Gasteiger partial charge in [-0.2, -0.15) is 5.26 Å². The van der Waals surface area contributed by atoms with Gasteiger partial charge in [-0.15, -0.1) is 11.3 Å². The predicted molar refractivity (Wildman–Crippen MR) is 64.6 cm³/mol. The van der Waals surface area contributed by atoms with Crippen molar-refractivity contribution in [3.05, 3.63) is 44.6 Å². The molecule has 16 heavy (non-hydrogen) atoms. The van der Waals surface area contributed by atoms with Crippen molar-refractivity contribution in [3.63, 3.8) is 0 Å². The quantitative estimate of drug-likeness (QED) is 0.818. The Bertz CT molecular complexity index is 618. The molecule has 1 N–H and O–H groups in total. The van der Waals surface area contributed by atoms with Crippen LogP contribution in [0, 0.1) is 25.2 Å². The van der Waals surface area contributed by atoms with Gasteiger partial charge in [-0.05, 0) is 36.4 Å². The van der Waals surface area contributed by atoms with E-state index in [9.17, 15) is 4.79 Å². The van der Waals surface area contributed by atoms with Crippen LogP contribution in [-0.4, -0.2) is 4.98 Å². The zero-order valence-corrected chi connectivity index (χ0v) is 9.81. The maximum atomic E-state index is 11.7. The Hall–Kier alpha value is -1.86. The minimum Gasteiger partial charge on any atom is -0.320 e. The lowest BCUT2D eigenvalue weighted by atomic mass is 10.0. The molecular weight excluding hydrogens is 220 g/mol. The van der Waals surface area contributed by atoms with E-state index in [1.54, 1.807) is 18.3 Å². The van der Waals surface area contributed by atoms with Crippen molar-refractivity contribution in [2.75, 3.05) is 0 Å². The van der Waals surface area contributed by atoms with E-state index < -0.39 is 0 Å². The number of hydrogen-bond donors (Lipinski definition) is 1. The molecular formula is C12H10N2OS. The van der Waals surface area contributed by atoms with Crippen LogP contribution < -0.4 is 5.56 Å². The van der Waals surface area contributed by atoms with E-state index in [0.717, 1.165) is 21.7 Å². The van der Waals surface area contributed by atoms with Crippen LogP contribution in [0.2, 0.25) is 0 Å². The predicted octanol–water partition coefficient (Wildman–Crippen LogP) is 2.59. The van der Waals surface area contributed by atoms with Crippen molar-refractivity contribution < 1.29 is 0 Å². The number of thiophene rings is 1. The minimum absolute atomic E-state index is 0.206. The molecule has 2 heterocycles. The Morgan fingerprint density at radius 2 is 2.12 bits per heavy atom. The molecule has 0 aliphatic heterocycles. The summed E-state index contributed by atoms with van der Waals surface area (Å²) >= 11 is 1.57. The van der Waals surface area contributed by atoms with Crippen molar-refractivity contribution in [3.8, 4) is 16.6 Å². The summed E-state index contributed by atoms with van der Waals surface area (Å²) in [6, 6.07) is 5.83. The van der Waals surface area contributed by atoms with E-state index in [-0.39, 0.29) is 11.1 Å². The molecule has 0 aliphatic carbocycles. The SMILES string of the molecule is Cc1c(-c2cccs2)[nH]c(=O)c(C#N)c1C. The number of nitrogens with one attached hydrogen (secondary N) is 1. The second kappa shape index (κ2) is 3.95. The molecule has 0 aromatic carbocycles. The second-order valence-electron chi connectivity index (χ2n) is 3.54. The summed E-state index contributed by atoms with van der Waals surface area (Å²) in [6.45, 7) is 3.72. The summed E-state index contributed by atoms with van der Waals surface area (Å²) in [4.78, 5) is 15.5. The highest BCUT2D eigenvalue weighted by molar-refractivity contribution is 7.13. The number of H-pyrrole nitrogens is 1. The van der Waals surface area contributed by atoms with Crippen LogP contribution in [0.1, 0.15) is 16.7 Å². The summed E-state index contributed by atoms with van der Waals surface area (Å²) in [5.74, 6) is 0. The third kappa shape index (κ3) is 1.55. The van der Waals surface area contributed by atoms with E-state index in [1.807, 2.05) is 30.5 Å². The number of rotatable bonds is 1. The Kier molecular flexibility index (Phi) is 2.63. The van der Waals surface area contributed by atoms with Crippen molar-refractivity contribution in [1.29, 1.82) is 5.26 Å². The first-order valence-electron chi connectivity index (χ1n) is 4.82. The van der Waals surface area contributed by atoms with E-state index >= 15 is 0 Å². The Morgan fingerprint density at radius 3 is 2.69 bits per heavy atom. The molecule has 0 atom stereocenters. The molecule has 0 saturated carbocycles.